The van der Waals surface area contributed by atoms with E-state index in [1.165, 1.54) is 7.05 Å². The van der Waals surface area contributed by atoms with Gasteiger partial charge in [0.05, 0.1) is 5.75 Å². The van der Waals surface area contributed by atoms with E-state index < -0.39 is 10.0 Å². The fourth-order valence-electron chi connectivity index (χ4n) is 2.43. The van der Waals surface area contributed by atoms with E-state index in [0.29, 0.717) is 10.7 Å². The van der Waals surface area contributed by atoms with Crippen LogP contribution in [0.5, 0.6) is 0 Å². The zero-order valence-corrected chi connectivity index (χ0v) is 16.8. The molecule has 0 fully saturated rings. The van der Waals surface area contributed by atoms with Gasteiger partial charge in [-0.25, -0.2) is 13.1 Å². The number of nitrogens with two attached hydrogens (primary N) is 1. The van der Waals surface area contributed by atoms with Crippen LogP contribution in [0.2, 0.25) is 5.02 Å². The number of anilines is 1. The summed E-state index contributed by atoms with van der Waals surface area (Å²) >= 11 is 5.96. The third kappa shape index (κ3) is 6.09. The standard InChI is InChI=1S/C19H23ClN4O2S/c1-22-10-9-18(21)17-13-15(14-3-6-16(20)7-4-14)5-8-19(17)24-11-12-27(25,26)23-2/h3-10,13,23-24H,11-12,21H2,1-2H3. The van der Waals surface area contributed by atoms with Crippen molar-refractivity contribution >= 4 is 39.2 Å². The van der Waals surface area contributed by atoms with Gasteiger partial charge in [-0.05, 0) is 48.5 Å². The molecule has 0 aromatic heterocycles. The molecule has 6 nitrogen and oxygen atoms in total. The molecule has 2 rings (SSSR count). The summed E-state index contributed by atoms with van der Waals surface area (Å²) in [6.07, 6.45) is 3.32. The molecular weight excluding hydrogens is 384 g/mol. The van der Waals surface area contributed by atoms with Gasteiger partial charge in [-0.3, -0.25) is 4.99 Å². The van der Waals surface area contributed by atoms with Crippen molar-refractivity contribution in [3.63, 3.8) is 0 Å². The van der Waals surface area contributed by atoms with Gasteiger partial charge in [0.1, 0.15) is 0 Å². The summed E-state index contributed by atoms with van der Waals surface area (Å²) in [5.41, 5.74) is 10.2. The molecule has 0 spiro atoms. The van der Waals surface area contributed by atoms with E-state index in [1.54, 1.807) is 19.3 Å². The summed E-state index contributed by atoms with van der Waals surface area (Å²) in [5, 5.41) is 3.81. The SMILES string of the molecule is CN=CC=C(N)c1cc(-c2ccc(Cl)cc2)ccc1NCCS(=O)(=O)NC. The molecule has 0 aliphatic carbocycles. The molecule has 2 aromatic carbocycles. The van der Waals surface area contributed by atoms with Crippen molar-refractivity contribution in [1.29, 1.82) is 0 Å². The number of nitrogens with zero attached hydrogens (tertiary/aromatic N) is 1. The lowest BCUT2D eigenvalue weighted by Crippen LogP contribution is -2.26. The number of rotatable bonds is 8. The Morgan fingerprint density at radius 3 is 2.48 bits per heavy atom. The zero-order chi connectivity index (χ0) is 19.9. The van der Waals surface area contributed by atoms with Crippen LogP contribution in [0.3, 0.4) is 0 Å². The van der Waals surface area contributed by atoms with Crippen LogP contribution in [0.15, 0.2) is 53.5 Å². The number of sulfonamides is 1. The van der Waals surface area contributed by atoms with Crippen molar-refractivity contribution in [2.24, 2.45) is 10.7 Å². The lowest BCUT2D eigenvalue weighted by molar-refractivity contribution is 0.588. The molecule has 8 heteroatoms. The van der Waals surface area contributed by atoms with Gasteiger partial charge >= 0.3 is 0 Å². The highest BCUT2D eigenvalue weighted by Gasteiger charge is 2.10. The van der Waals surface area contributed by atoms with E-state index >= 15 is 0 Å². The molecule has 0 saturated heterocycles. The summed E-state index contributed by atoms with van der Waals surface area (Å²) in [4.78, 5) is 3.92. The second kappa shape index (κ2) is 9.55. The van der Waals surface area contributed by atoms with Gasteiger partial charge in [0, 0.05) is 41.8 Å². The van der Waals surface area contributed by atoms with Crippen molar-refractivity contribution in [2.75, 3.05) is 31.7 Å². The Hall–Kier alpha value is -2.35. The maximum absolute atomic E-state index is 11.6. The molecule has 0 saturated carbocycles. The predicted octanol–water partition coefficient (Wildman–Crippen LogP) is 2.97. The number of allylic oxidation sites excluding steroid dienone is 1. The van der Waals surface area contributed by atoms with Crippen LogP contribution in [0.4, 0.5) is 5.69 Å². The van der Waals surface area contributed by atoms with Gasteiger partial charge in [0.15, 0.2) is 0 Å². The molecule has 0 radical (unpaired) electrons. The first-order chi connectivity index (χ1) is 12.9. The van der Waals surface area contributed by atoms with Crippen LogP contribution in [-0.4, -0.2) is 41.0 Å². The first kappa shape index (κ1) is 21.0. The summed E-state index contributed by atoms with van der Waals surface area (Å²) in [7, 11) is -0.226. The second-order valence-electron chi connectivity index (χ2n) is 5.75. The Morgan fingerprint density at radius 1 is 1.19 bits per heavy atom. The maximum Gasteiger partial charge on any atom is 0.213 e. The third-order valence-corrected chi connectivity index (χ3v) is 5.52. The minimum Gasteiger partial charge on any atom is -0.398 e. The molecule has 2 aromatic rings. The van der Waals surface area contributed by atoms with Crippen molar-refractivity contribution in [2.45, 2.75) is 0 Å². The van der Waals surface area contributed by atoms with E-state index in [2.05, 4.69) is 15.0 Å². The predicted molar refractivity (Wildman–Crippen MR) is 115 cm³/mol. The van der Waals surface area contributed by atoms with E-state index in [0.717, 1.165) is 22.4 Å². The van der Waals surface area contributed by atoms with E-state index in [9.17, 15) is 8.42 Å². The molecule has 0 unspecified atom stereocenters. The summed E-state index contributed by atoms with van der Waals surface area (Å²) in [6.45, 7) is 0.256. The normalized spacial score (nSPS) is 12.5. The highest BCUT2D eigenvalue weighted by atomic mass is 35.5. The minimum absolute atomic E-state index is 0.0398. The van der Waals surface area contributed by atoms with Crippen LogP contribution in [0.25, 0.3) is 16.8 Å². The van der Waals surface area contributed by atoms with Gasteiger partial charge in [-0.2, -0.15) is 0 Å². The van der Waals surface area contributed by atoms with Gasteiger partial charge in [0.2, 0.25) is 10.0 Å². The summed E-state index contributed by atoms with van der Waals surface area (Å²) in [6, 6.07) is 13.3. The largest absolute Gasteiger partial charge is 0.398 e. The number of nitrogens with one attached hydrogen (secondary N) is 2. The maximum atomic E-state index is 11.6. The molecule has 0 aliphatic rings. The molecule has 0 aliphatic heterocycles. The summed E-state index contributed by atoms with van der Waals surface area (Å²) in [5.74, 6) is -0.0398. The molecule has 0 heterocycles. The highest BCUT2D eigenvalue weighted by Crippen LogP contribution is 2.29. The lowest BCUT2D eigenvalue weighted by atomic mass is 10.00. The summed E-state index contributed by atoms with van der Waals surface area (Å²) < 4.78 is 25.5. The Morgan fingerprint density at radius 2 is 1.85 bits per heavy atom. The molecule has 0 atom stereocenters. The first-order valence-electron chi connectivity index (χ1n) is 8.29. The van der Waals surface area contributed by atoms with Gasteiger partial charge in [0.25, 0.3) is 0 Å². The number of hydrogen-bond donors (Lipinski definition) is 3. The van der Waals surface area contributed by atoms with Crippen LogP contribution < -0.4 is 15.8 Å². The third-order valence-electron chi connectivity index (χ3n) is 3.91. The lowest BCUT2D eigenvalue weighted by Gasteiger charge is -2.14. The van der Waals surface area contributed by atoms with Crippen LogP contribution >= 0.6 is 11.6 Å². The van der Waals surface area contributed by atoms with Gasteiger partial charge < -0.3 is 11.1 Å². The fourth-order valence-corrected chi connectivity index (χ4v) is 3.13. The van der Waals surface area contributed by atoms with Crippen molar-refractivity contribution in [1.82, 2.24) is 4.72 Å². The van der Waals surface area contributed by atoms with E-state index in [-0.39, 0.29) is 12.3 Å². The average Bonchev–Trinajstić information content (AvgIpc) is 2.67. The number of halogens is 1. The first-order valence-corrected chi connectivity index (χ1v) is 10.3. The van der Waals surface area contributed by atoms with Gasteiger partial charge in [-0.1, -0.05) is 29.8 Å². The van der Waals surface area contributed by atoms with Crippen molar-refractivity contribution in [3.8, 4) is 11.1 Å². The van der Waals surface area contributed by atoms with Crippen molar-refractivity contribution < 1.29 is 8.42 Å². The smallest absolute Gasteiger partial charge is 0.213 e. The fraction of sp³-hybridized carbons (Fsp3) is 0.211. The molecule has 144 valence electrons. The quantitative estimate of drug-likeness (QED) is 0.587. The molecule has 4 N–H and O–H groups in total. The Labute approximate surface area is 165 Å². The minimum atomic E-state index is -3.28. The molecular formula is C19H23ClN4O2S. The molecule has 0 amide bonds. The highest BCUT2D eigenvalue weighted by molar-refractivity contribution is 7.89. The zero-order valence-electron chi connectivity index (χ0n) is 15.2. The van der Waals surface area contributed by atoms with Crippen LogP contribution in [0.1, 0.15) is 5.56 Å². The molecule has 27 heavy (non-hydrogen) atoms. The number of hydrogen-bond acceptors (Lipinski definition) is 5. The Balaban J connectivity index is 2.36. The van der Waals surface area contributed by atoms with Gasteiger partial charge in [-0.15, -0.1) is 0 Å². The Bertz CT molecular complexity index is 939. The number of aliphatic imine (C=N–C) groups is 1. The number of benzene rings is 2. The monoisotopic (exact) mass is 406 g/mol. The van der Waals surface area contributed by atoms with Crippen molar-refractivity contribution in [3.05, 3.63) is 59.1 Å². The molecule has 0 bridgehead atoms. The van der Waals surface area contributed by atoms with E-state index in [1.807, 2.05) is 42.5 Å². The van der Waals surface area contributed by atoms with Crippen LogP contribution in [-0.2, 0) is 10.0 Å². The Kier molecular flexibility index (Phi) is 7.41. The average molecular weight is 407 g/mol. The van der Waals surface area contributed by atoms with E-state index in [4.69, 9.17) is 17.3 Å². The topological polar surface area (TPSA) is 96.6 Å². The van der Waals surface area contributed by atoms with Crippen LogP contribution in [0, 0.1) is 0 Å². The second-order valence-corrected chi connectivity index (χ2v) is 8.23.